The van der Waals surface area contributed by atoms with E-state index in [0.29, 0.717) is 27.9 Å². The molecule has 4 rings (SSSR count). The van der Waals surface area contributed by atoms with Crippen LogP contribution in [0.5, 0.6) is 11.6 Å². The van der Waals surface area contributed by atoms with Crippen molar-refractivity contribution in [2.24, 2.45) is 0 Å². The van der Waals surface area contributed by atoms with Gasteiger partial charge in [0.05, 0.1) is 17.1 Å². The van der Waals surface area contributed by atoms with Crippen molar-refractivity contribution in [1.29, 1.82) is 0 Å². The number of carbonyl (C=O) groups is 1. The van der Waals surface area contributed by atoms with E-state index in [2.05, 4.69) is 20.9 Å². The average molecular weight is 586 g/mol. The molecule has 0 spiro atoms. The number of rotatable bonds is 3. The summed E-state index contributed by atoms with van der Waals surface area (Å²) < 4.78 is 2.41. The number of aromatic nitrogens is 3. The van der Waals surface area contributed by atoms with Gasteiger partial charge in [-0.25, -0.2) is 9.88 Å². The van der Waals surface area contributed by atoms with Crippen molar-refractivity contribution < 1.29 is 19.7 Å². The molecule has 0 saturated heterocycles. The molecule has 2 heterocycles. The SMILES string of the molecule is CCSc1nc([O-])c2[n+](n1)C(c1cc(C(C)(C)C)c(O)c(C(C)(C)C)c1)N(C(C)=O)c1ccc(Br)cc1-2. The Bertz CT molecular complexity index is 1360. The van der Waals surface area contributed by atoms with Gasteiger partial charge in [0.2, 0.25) is 5.91 Å². The second-order valence-electron chi connectivity index (χ2n) is 11.3. The summed E-state index contributed by atoms with van der Waals surface area (Å²) in [6.45, 7) is 15.8. The lowest BCUT2D eigenvalue weighted by molar-refractivity contribution is -0.764. The highest BCUT2D eigenvalue weighted by molar-refractivity contribution is 9.10. The first kappa shape index (κ1) is 27.4. The number of fused-ring (bicyclic) bond motifs is 3. The molecule has 196 valence electrons. The maximum Gasteiger partial charge on any atom is 0.293 e. The molecule has 37 heavy (non-hydrogen) atoms. The third-order valence-electron chi connectivity index (χ3n) is 6.43. The highest BCUT2D eigenvalue weighted by atomic mass is 79.9. The topological polar surface area (TPSA) is 93.3 Å². The monoisotopic (exact) mass is 584 g/mol. The Morgan fingerprint density at radius 1 is 1.14 bits per heavy atom. The third kappa shape index (κ3) is 4.95. The number of phenols is 1. The van der Waals surface area contributed by atoms with Crippen LogP contribution < -0.4 is 14.7 Å². The van der Waals surface area contributed by atoms with E-state index in [4.69, 9.17) is 5.10 Å². The van der Waals surface area contributed by atoms with Crippen molar-refractivity contribution in [3.63, 3.8) is 0 Å². The zero-order valence-corrected chi connectivity index (χ0v) is 24.9. The predicted octanol–water partition coefficient (Wildman–Crippen LogP) is 5.59. The van der Waals surface area contributed by atoms with Crippen LogP contribution in [0, 0.1) is 0 Å². The average Bonchev–Trinajstić information content (AvgIpc) is 2.76. The molecule has 0 radical (unpaired) electrons. The quantitative estimate of drug-likeness (QED) is 0.318. The van der Waals surface area contributed by atoms with Gasteiger partial charge in [0.15, 0.2) is 0 Å². The van der Waals surface area contributed by atoms with Crippen LogP contribution in [-0.4, -0.2) is 26.8 Å². The number of halogens is 1. The Balaban J connectivity index is 2.14. The van der Waals surface area contributed by atoms with E-state index in [9.17, 15) is 15.0 Å². The molecule has 1 unspecified atom stereocenters. The molecular formula is C28H33BrN4O3S. The molecule has 9 heteroatoms. The van der Waals surface area contributed by atoms with Gasteiger partial charge in [0, 0.05) is 33.2 Å². The van der Waals surface area contributed by atoms with Gasteiger partial charge in [-0.05, 0) is 46.9 Å². The maximum absolute atomic E-state index is 13.4. The van der Waals surface area contributed by atoms with E-state index in [1.807, 2.05) is 78.8 Å². The Hall–Kier alpha value is -2.65. The van der Waals surface area contributed by atoms with Crippen molar-refractivity contribution in [1.82, 2.24) is 10.1 Å². The van der Waals surface area contributed by atoms with E-state index >= 15 is 0 Å². The molecule has 3 aromatic rings. The normalized spacial score (nSPS) is 15.4. The van der Waals surface area contributed by atoms with Gasteiger partial charge < -0.3 is 10.2 Å². The number of phenolic OH excluding ortho intramolecular Hbond substituents is 1. The van der Waals surface area contributed by atoms with Crippen LogP contribution in [0.4, 0.5) is 5.69 Å². The number of aromatic hydroxyl groups is 1. The minimum absolute atomic E-state index is 0.190. The number of anilines is 1. The minimum atomic E-state index is -0.740. The zero-order chi connectivity index (χ0) is 27.4. The molecule has 7 nitrogen and oxygen atoms in total. The van der Waals surface area contributed by atoms with Gasteiger partial charge in [0.1, 0.15) is 5.75 Å². The molecule has 1 N–H and O–H groups in total. The molecule has 1 aromatic heterocycles. The molecule has 0 aliphatic carbocycles. The summed E-state index contributed by atoms with van der Waals surface area (Å²) >= 11 is 4.88. The van der Waals surface area contributed by atoms with Gasteiger partial charge in [-0.3, -0.25) is 4.79 Å². The molecule has 0 saturated carbocycles. The van der Waals surface area contributed by atoms with Crippen LogP contribution in [0.1, 0.15) is 78.2 Å². The molecule has 1 atom stereocenters. The highest BCUT2D eigenvalue weighted by Crippen LogP contribution is 2.45. The van der Waals surface area contributed by atoms with Crippen molar-refractivity contribution in [2.75, 3.05) is 10.7 Å². The first-order valence-corrected chi connectivity index (χ1v) is 14.0. The van der Waals surface area contributed by atoms with Gasteiger partial charge >= 0.3 is 0 Å². The summed E-state index contributed by atoms with van der Waals surface area (Å²) in [6, 6.07) is 9.38. The summed E-state index contributed by atoms with van der Waals surface area (Å²) in [5.74, 6) is 0.358. The maximum atomic E-state index is 13.4. The minimum Gasteiger partial charge on any atom is -0.854 e. The summed E-state index contributed by atoms with van der Waals surface area (Å²) in [6.07, 6.45) is -0.740. The second kappa shape index (κ2) is 9.58. The van der Waals surface area contributed by atoms with Crippen LogP contribution in [0.15, 0.2) is 40.0 Å². The second-order valence-corrected chi connectivity index (χ2v) is 13.5. The van der Waals surface area contributed by atoms with Crippen molar-refractivity contribution in [2.45, 2.75) is 77.5 Å². The Kier molecular flexibility index (Phi) is 7.09. The largest absolute Gasteiger partial charge is 0.854 e. The van der Waals surface area contributed by atoms with Crippen LogP contribution in [0.25, 0.3) is 11.3 Å². The van der Waals surface area contributed by atoms with Gasteiger partial charge in [-0.2, -0.15) is 0 Å². The summed E-state index contributed by atoms with van der Waals surface area (Å²) in [5.41, 5.74) is 3.07. The van der Waals surface area contributed by atoms with E-state index in [1.165, 1.54) is 18.7 Å². The van der Waals surface area contributed by atoms with Crippen molar-refractivity contribution in [3.8, 4) is 22.9 Å². The molecule has 0 bridgehead atoms. The Morgan fingerprint density at radius 3 is 2.24 bits per heavy atom. The lowest BCUT2D eigenvalue weighted by Gasteiger charge is -2.35. The zero-order valence-electron chi connectivity index (χ0n) is 22.5. The molecule has 0 fully saturated rings. The van der Waals surface area contributed by atoms with Crippen LogP contribution in [0.3, 0.4) is 0 Å². The predicted molar refractivity (Wildman–Crippen MR) is 148 cm³/mol. The van der Waals surface area contributed by atoms with Crippen molar-refractivity contribution in [3.05, 3.63) is 51.5 Å². The fraction of sp³-hybridized carbons (Fsp3) is 0.429. The molecular weight excluding hydrogens is 552 g/mol. The Labute approximate surface area is 231 Å². The first-order chi connectivity index (χ1) is 17.1. The lowest BCUT2D eigenvalue weighted by atomic mass is 9.78. The first-order valence-electron chi connectivity index (χ1n) is 12.3. The molecule has 1 aliphatic rings. The van der Waals surface area contributed by atoms with E-state index < -0.39 is 12.0 Å². The molecule has 2 aromatic carbocycles. The number of nitrogens with zero attached hydrogens (tertiary/aromatic N) is 4. The van der Waals surface area contributed by atoms with Gasteiger partial charge in [-0.1, -0.05) is 80.8 Å². The summed E-state index contributed by atoms with van der Waals surface area (Å²) in [4.78, 5) is 19.2. The Morgan fingerprint density at radius 2 is 1.73 bits per heavy atom. The van der Waals surface area contributed by atoms with Crippen LogP contribution in [-0.2, 0) is 15.6 Å². The third-order valence-corrected chi connectivity index (χ3v) is 7.64. The highest BCUT2D eigenvalue weighted by Gasteiger charge is 2.45. The number of carbonyl (C=O) groups excluding carboxylic acids is 1. The summed E-state index contributed by atoms with van der Waals surface area (Å²) in [5, 5.41) is 29.9. The fourth-order valence-electron chi connectivity index (χ4n) is 4.74. The van der Waals surface area contributed by atoms with Gasteiger partial charge in [-0.15, -0.1) is 0 Å². The number of thioether (sulfide) groups is 1. The van der Waals surface area contributed by atoms with Crippen LogP contribution >= 0.6 is 27.7 Å². The van der Waals surface area contributed by atoms with Crippen molar-refractivity contribution >= 4 is 39.3 Å². The van der Waals surface area contributed by atoms with Gasteiger partial charge in [0.25, 0.3) is 17.0 Å². The standard InChI is InChI=1S/C28H33BrN4O3S/c1-9-37-26-30-24(36)22-18-14-17(29)10-11-21(18)32(15(2)34)25(33(22)31-26)16-12-19(27(3,4)5)23(35)20(13-16)28(6,7)8/h10-14,25H,9H2,1-8H3,(H-,30,31,35,36). The summed E-state index contributed by atoms with van der Waals surface area (Å²) in [7, 11) is 0. The lowest BCUT2D eigenvalue weighted by Crippen LogP contribution is -2.59. The number of hydrogen-bond donors (Lipinski definition) is 1. The number of amides is 1. The van der Waals surface area contributed by atoms with E-state index in [-0.39, 0.29) is 22.5 Å². The smallest absolute Gasteiger partial charge is 0.293 e. The number of benzene rings is 2. The number of hydrogen-bond acceptors (Lipinski definition) is 6. The van der Waals surface area contributed by atoms with Crippen LogP contribution in [0.2, 0.25) is 0 Å². The van der Waals surface area contributed by atoms with E-state index in [1.54, 1.807) is 9.58 Å². The van der Waals surface area contributed by atoms with E-state index in [0.717, 1.165) is 21.2 Å². The fourth-order valence-corrected chi connectivity index (χ4v) is 5.65. The molecule has 1 aliphatic heterocycles. The molecule has 1 amide bonds.